The number of Topliss-reactive ketones (excluding diaryl/α,β-unsaturated/α-hetero) is 1. The number of carbonyl (C=O) groups excluding carboxylic acids is 2. The molecule has 1 fully saturated rings. The third-order valence-electron chi connectivity index (χ3n) is 5.95. The topological polar surface area (TPSA) is 89.0 Å². The van der Waals surface area contributed by atoms with E-state index in [0.29, 0.717) is 33.3 Å². The summed E-state index contributed by atoms with van der Waals surface area (Å²) in [7, 11) is 3.06. The maximum absolute atomic E-state index is 13.4. The number of hydrogen-bond acceptors (Lipinski definition) is 7. The summed E-state index contributed by atoms with van der Waals surface area (Å²) >= 11 is 1.28. The highest BCUT2D eigenvalue weighted by Gasteiger charge is 2.48. The van der Waals surface area contributed by atoms with Crippen LogP contribution >= 0.6 is 11.3 Å². The molecule has 8 heteroatoms. The van der Waals surface area contributed by atoms with Crippen molar-refractivity contribution in [3.05, 3.63) is 89.0 Å². The first-order chi connectivity index (χ1) is 16.9. The highest BCUT2D eigenvalue weighted by atomic mass is 32.1. The molecular weight excluding hydrogens is 464 g/mol. The Morgan fingerprint density at radius 3 is 2.54 bits per heavy atom. The SMILES string of the molecule is COc1ccc2nc(N3C(=O)C(=O)/C(=C(/O)c4ccccc4OC)C3c3cccc(C)c3)sc2c1. The average molecular weight is 487 g/mol. The Labute approximate surface area is 205 Å². The minimum atomic E-state index is -0.859. The molecule has 3 aromatic carbocycles. The molecule has 1 amide bonds. The van der Waals surface area contributed by atoms with Crippen LogP contribution in [0, 0.1) is 6.92 Å². The average Bonchev–Trinajstić information content (AvgIpc) is 3.41. The van der Waals surface area contributed by atoms with E-state index in [9.17, 15) is 14.7 Å². The van der Waals surface area contributed by atoms with E-state index in [-0.39, 0.29) is 11.3 Å². The number of aromatic nitrogens is 1. The number of fused-ring (bicyclic) bond motifs is 1. The third-order valence-corrected chi connectivity index (χ3v) is 6.97. The van der Waals surface area contributed by atoms with Gasteiger partial charge in [0.15, 0.2) is 5.13 Å². The number of thiazole rings is 1. The standard InChI is InChI=1S/C27H22N2O5S/c1-15-7-6-8-16(13-15)23-22(24(30)18-9-4-5-10-20(18)34-3)25(31)26(32)29(23)27-28-19-12-11-17(33-2)14-21(19)35-27/h4-14,23,30H,1-3H3/b24-22+. The molecule has 1 saturated heterocycles. The predicted octanol–water partition coefficient (Wildman–Crippen LogP) is 5.25. The lowest BCUT2D eigenvalue weighted by Crippen LogP contribution is -2.29. The molecule has 0 spiro atoms. The first-order valence-corrected chi connectivity index (χ1v) is 11.7. The smallest absolute Gasteiger partial charge is 0.301 e. The molecule has 1 atom stereocenters. The van der Waals surface area contributed by atoms with Crippen LogP contribution in [0.5, 0.6) is 11.5 Å². The first kappa shape index (κ1) is 22.6. The Balaban J connectivity index is 1.74. The fourth-order valence-electron chi connectivity index (χ4n) is 4.29. The zero-order valence-electron chi connectivity index (χ0n) is 19.3. The number of aliphatic hydroxyl groups is 1. The van der Waals surface area contributed by atoms with Crippen molar-refractivity contribution in [3.8, 4) is 11.5 Å². The maximum Gasteiger partial charge on any atom is 0.301 e. The van der Waals surface area contributed by atoms with Gasteiger partial charge in [0.25, 0.3) is 5.78 Å². The summed E-state index contributed by atoms with van der Waals surface area (Å²) in [5.41, 5.74) is 2.65. The van der Waals surface area contributed by atoms with Crippen LogP contribution < -0.4 is 14.4 Å². The van der Waals surface area contributed by atoms with E-state index in [4.69, 9.17) is 9.47 Å². The Morgan fingerprint density at radius 1 is 1.00 bits per heavy atom. The van der Waals surface area contributed by atoms with Crippen LogP contribution in [0.3, 0.4) is 0 Å². The number of amides is 1. The zero-order valence-corrected chi connectivity index (χ0v) is 20.1. The Hall–Kier alpha value is -4.17. The van der Waals surface area contributed by atoms with Gasteiger partial charge in [-0.15, -0.1) is 0 Å². The summed E-state index contributed by atoms with van der Waals surface area (Å²) in [5, 5.41) is 11.7. The number of rotatable bonds is 5. The molecule has 1 aliphatic heterocycles. The van der Waals surface area contributed by atoms with Crippen LogP contribution in [0.1, 0.15) is 22.7 Å². The number of ketones is 1. The van der Waals surface area contributed by atoms with Crippen LogP contribution in [0.25, 0.3) is 16.0 Å². The fourth-order valence-corrected chi connectivity index (χ4v) is 5.31. The maximum atomic E-state index is 13.4. The molecule has 5 rings (SSSR count). The van der Waals surface area contributed by atoms with Crippen molar-refractivity contribution in [2.24, 2.45) is 0 Å². The summed E-state index contributed by atoms with van der Waals surface area (Å²) in [6, 6.07) is 18.9. The highest BCUT2D eigenvalue weighted by molar-refractivity contribution is 7.22. The molecule has 1 unspecified atom stereocenters. The van der Waals surface area contributed by atoms with E-state index < -0.39 is 17.7 Å². The summed E-state index contributed by atoms with van der Waals surface area (Å²) in [5.74, 6) is -0.763. The van der Waals surface area contributed by atoms with Crippen LogP contribution in [0.2, 0.25) is 0 Å². The van der Waals surface area contributed by atoms with Crippen molar-refractivity contribution in [2.75, 3.05) is 19.1 Å². The minimum Gasteiger partial charge on any atom is -0.507 e. The van der Waals surface area contributed by atoms with Gasteiger partial charge in [0, 0.05) is 0 Å². The summed E-state index contributed by atoms with van der Waals surface area (Å²) < 4.78 is 11.5. The summed E-state index contributed by atoms with van der Waals surface area (Å²) in [6.45, 7) is 1.93. The van der Waals surface area contributed by atoms with Crippen molar-refractivity contribution in [1.82, 2.24) is 4.98 Å². The summed E-state index contributed by atoms with van der Waals surface area (Å²) in [4.78, 5) is 32.8. The molecule has 2 heterocycles. The Morgan fingerprint density at radius 2 is 1.80 bits per heavy atom. The van der Waals surface area contributed by atoms with E-state index >= 15 is 0 Å². The van der Waals surface area contributed by atoms with Gasteiger partial charge in [-0.25, -0.2) is 4.98 Å². The third kappa shape index (κ3) is 3.81. The van der Waals surface area contributed by atoms with E-state index in [0.717, 1.165) is 10.3 Å². The first-order valence-electron chi connectivity index (χ1n) is 10.9. The number of carbonyl (C=O) groups is 2. The molecule has 0 bridgehead atoms. The van der Waals surface area contributed by atoms with Crippen molar-refractivity contribution >= 4 is 44.1 Å². The number of anilines is 1. The predicted molar refractivity (Wildman–Crippen MR) is 135 cm³/mol. The molecule has 4 aromatic rings. The Kier molecular flexibility index (Phi) is 5.74. The molecule has 1 aromatic heterocycles. The molecule has 7 nitrogen and oxygen atoms in total. The van der Waals surface area contributed by atoms with Gasteiger partial charge in [-0.1, -0.05) is 53.3 Å². The van der Waals surface area contributed by atoms with Gasteiger partial charge in [-0.2, -0.15) is 0 Å². The molecule has 1 N–H and O–H groups in total. The van der Waals surface area contributed by atoms with Gasteiger partial charge < -0.3 is 14.6 Å². The number of nitrogens with zero attached hydrogens (tertiary/aromatic N) is 2. The number of ether oxygens (including phenoxy) is 2. The molecule has 0 aliphatic carbocycles. The van der Waals surface area contributed by atoms with Gasteiger partial charge in [0.1, 0.15) is 17.3 Å². The normalized spacial score (nSPS) is 17.2. The van der Waals surface area contributed by atoms with E-state index in [1.165, 1.54) is 23.3 Å². The molecular formula is C27H22N2O5S. The second-order valence-electron chi connectivity index (χ2n) is 8.11. The monoisotopic (exact) mass is 486 g/mol. The Bertz CT molecular complexity index is 1510. The van der Waals surface area contributed by atoms with Crippen molar-refractivity contribution < 1.29 is 24.2 Å². The van der Waals surface area contributed by atoms with E-state index in [1.54, 1.807) is 43.5 Å². The lowest BCUT2D eigenvalue weighted by atomic mass is 9.94. The van der Waals surface area contributed by atoms with Gasteiger partial charge >= 0.3 is 5.91 Å². The second kappa shape index (κ2) is 8.88. The molecule has 0 radical (unpaired) electrons. The van der Waals surface area contributed by atoms with Crippen molar-refractivity contribution in [2.45, 2.75) is 13.0 Å². The molecule has 1 aliphatic rings. The number of hydrogen-bond donors (Lipinski definition) is 1. The van der Waals surface area contributed by atoms with Crippen molar-refractivity contribution in [1.29, 1.82) is 0 Å². The number of methoxy groups -OCH3 is 2. The number of aliphatic hydroxyl groups excluding tert-OH is 1. The number of para-hydroxylation sites is 1. The quantitative estimate of drug-likeness (QED) is 0.236. The number of aryl methyl sites for hydroxylation is 1. The van der Waals surface area contributed by atoms with E-state index in [1.807, 2.05) is 37.3 Å². The van der Waals surface area contributed by atoms with Gasteiger partial charge in [0.05, 0.1) is 41.6 Å². The van der Waals surface area contributed by atoms with Crippen molar-refractivity contribution in [3.63, 3.8) is 0 Å². The molecule has 0 saturated carbocycles. The fraction of sp³-hybridized carbons (Fsp3) is 0.148. The van der Waals surface area contributed by atoms with Gasteiger partial charge in [-0.05, 0) is 42.8 Å². The highest BCUT2D eigenvalue weighted by Crippen LogP contribution is 2.45. The van der Waals surface area contributed by atoms with Gasteiger partial charge in [-0.3, -0.25) is 14.5 Å². The van der Waals surface area contributed by atoms with Gasteiger partial charge in [0.2, 0.25) is 0 Å². The number of benzene rings is 3. The van der Waals surface area contributed by atoms with E-state index in [2.05, 4.69) is 4.98 Å². The van der Waals surface area contributed by atoms with Crippen LogP contribution in [0.4, 0.5) is 5.13 Å². The van der Waals surface area contributed by atoms with Crippen LogP contribution in [0.15, 0.2) is 72.3 Å². The summed E-state index contributed by atoms with van der Waals surface area (Å²) in [6.07, 6.45) is 0. The van der Waals surface area contributed by atoms with Crippen LogP contribution in [-0.4, -0.2) is 36.0 Å². The molecule has 35 heavy (non-hydrogen) atoms. The zero-order chi connectivity index (χ0) is 24.7. The van der Waals surface area contributed by atoms with Crippen LogP contribution in [-0.2, 0) is 9.59 Å². The second-order valence-corrected chi connectivity index (χ2v) is 9.12. The largest absolute Gasteiger partial charge is 0.507 e. The lowest BCUT2D eigenvalue weighted by molar-refractivity contribution is -0.132. The molecule has 176 valence electrons. The minimum absolute atomic E-state index is 0.0121. The lowest BCUT2D eigenvalue weighted by Gasteiger charge is -2.23.